The third kappa shape index (κ3) is 3.42. The van der Waals surface area contributed by atoms with Gasteiger partial charge in [0.2, 0.25) is 0 Å². The van der Waals surface area contributed by atoms with Crippen molar-refractivity contribution in [3.05, 3.63) is 0 Å². The Bertz CT molecular complexity index is 663. The van der Waals surface area contributed by atoms with E-state index in [1.807, 2.05) is 0 Å². The topological polar surface area (TPSA) is 38.8 Å². The summed E-state index contributed by atoms with van der Waals surface area (Å²) in [6, 6.07) is 0. The minimum absolute atomic E-state index is 0.0182. The Morgan fingerprint density at radius 3 is 2.58 bits per heavy atom. The first kappa shape index (κ1) is 22.2. The first-order valence-electron chi connectivity index (χ1n) is 13.8. The van der Waals surface area contributed by atoms with Gasteiger partial charge in [-0.3, -0.25) is 4.79 Å². The Hall–Kier alpha value is -0.570. The largest absolute Gasteiger partial charge is 0.464 e. The highest BCUT2D eigenvalue weighted by Crippen LogP contribution is 2.74. The molecule has 0 bridgehead atoms. The Balaban J connectivity index is 1.24. The zero-order chi connectivity index (χ0) is 21.7. The molecule has 0 aromatic carbocycles. The monoisotopic (exact) mass is 430 g/mol. The number of epoxide rings is 1. The molecule has 5 fully saturated rings. The molecule has 0 unspecified atom stereocenters. The van der Waals surface area contributed by atoms with Crippen LogP contribution in [-0.2, 0) is 14.3 Å². The van der Waals surface area contributed by atoms with Crippen molar-refractivity contribution in [2.75, 3.05) is 0 Å². The van der Waals surface area contributed by atoms with Crippen molar-refractivity contribution in [1.29, 1.82) is 0 Å². The Labute approximate surface area is 190 Å². The second-order valence-corrected chi connectivity index (χ2v) is 12.5. The molecule has 1 aliphatic heterocycles. The molecule has 1 spiro atoms. The summed E-state index contributed by atoms with van der Waals surface area (Å²) in [6.45, 7) is 8.19. The van der Waals surface area contributed by atoms with Crippen LogP contribution in [0.1, 0.15) is 117 Å². The standard InChI is InChI=1S/C28H46O3/c1-4-5-6-7-8-9-10-20-11-12-23-22-17-25-28(31-25)18-21(30-19-29)13-16-27(28,3)24(22)14-15-26(20,23)2/h19-25H,4-18H2,1-3H3/t20-,21-,22-,23-,24-,25+,26+,27+,28+/m0/s1. The molecule has 1 saturated heterocycles. The molecule has 5 aliphatic rings. The number of carbonyl (C=O) groups is 1. The molecule has 176 valence electrons. The van der Waals surface area contributed by atoms with Gasteiger partial charge in [-0.2, -0.15) is 0 Å². The van der Waals surface area contributed by atoms with Crippen LogP contribution in [-0.4, -0.2) is 24.3 Å². The highest BCUT2D eigenvalue weighted by Gasteiger charge is 2.76. The second-order valence-electron chi connectivity index (χ2n) is 12.5. The lowest BCUT2D eigenvalue weighted by Gasteiger charge is -2.59. The molecule has 4 aliphatic carbocycles. The zero-order valence-electron chi connectivity index (χ0n) is 20.4. The number of rotatable bonds is 9. The maximum atomic E-state index is 10.9. The van der Waals surface area contributed by atoms with E-state index < -0.39 is 0 Å². The molecule has 3 heteroatoms. The average Bonchev–Trinajstić information content (AvgIpc) is 3.35. The van der Waals surface area contributed by atoms with E-state index in [0.29, 0.717) is 23.4 Å². The van der Waals surface area contributed by atoms with E-state index in [1.165, 1.54) is 83.5 Å². The van der Waals surface area contributed by atoms with Gasteiger partial charge in [0.05, 0.1) is 6.10 Å². The van der Waals surface area contributed by atoms with Crippen LogP contribution in [0.2, 0.25) is 0 Å². The lowest BCUT2D eigenvalue weighted by molar-refractivity contribution is -0.146. The van der Waals surface area contributed by atoms with E-state index >= 15 is 0 Å². The van der Waals surface area contributed by atoms with Crippen molar-refractivity contribution >= 4 is 6.47 Å². The van der Waals surface area contributed by atoms with Crippen molar-refractivity contribution in [1.82, 2.24) is 0 Å². The molecule has 9 atom stereocenters. The highest BCUT2D eigenvalue weighted by molar-refractivity contribution is 5.38. The quantitative estimate of drug-likeness (QED) is 0.223. The van der Waals surface area contributed by atoms with Gasteiger partial charge in [-0.15, -0.1) is 0 Å². The Morgan fingerprint density at radius 2 is 1.77 bits per heavy atom. The van der Waals surface area contributed by atoms with Gasteiger partial charge < -0.3 is 9.47 Å². The molecule has 0 radical (unpaired) electrons. The normalized spacial score (nSPS) is 50.0. The summed E-state index contributed by atoms with van der Waals surface area (Å²) in [4.78, 5) is 10.9. The van der Waals surface area contributed by atoms with Crippen molar-refractivity contribution in [3.8, 4) is 0 Å². The summed E-state index contributed by atoms with van der Waals surface area (Å²) in [5.41, 5.74) is 0.889. The van der Waals surface area contributed by atoms with Gasteiger partial charge in [-0.1, -0.05) is 59.3 Å². The number of hydrogen-bond acceptors (Lipinski definition) is 3. The van der Waals surface area contributed by atoms with E-state index in [2.05, 4.69) is 20.8 Å². The van der Waals surface area contributed by atoms with Crippen LogP contribution < -0.4 is 0 Å². The van der Waals surface area contributed by atoms with Gasteiger partial charge in [-0.05, 0) is 80.5 Å². The fourth-order valence-corrected chi connectivity index (χ4v) is 9.59. The van der Waals surface area contributed by atoms with E-state index in [9.17, 15) is 4.79 Å². The molecule has 0 aromatic heterocycles. The van der Waals surface area contributed by atoms with Crippen molar-refractivity contribution in [3.63, 3.8) is 0 Å². The van der Waals surface area contributed by atoms with Crippen LogP contribution in [0.4, 0.5) is 0 Å². The molecule has 0 amide bonds. The summed E-state index contributed by atoms with van der Waals surface area (Å²) in [6.07, 6.45) is 20.7. The first-order valence-corrected chi connectivity index (χ1v) is 13.8. The predicted octanol–water partition coefficient (Wildman–Crippen LogP) is 7.07. The van der Waals surface area contributed by atoms with E-state index in [0.717, 1.165) is 36.5 Å². The number of unbranched alkanes of at least 4 members (excludes halogenated alkanes) is 5. The maximum Gasteiger partial charge on any atom is 0.293 e. The molecule has 0 N–H and O–H groups in total. The molecule has 5 rings (SSSR count). The van der Waals surface area contributed by atoms with E-state index in [4.69, 9.17) is 9.47 Å². The molecule has 4 saturated carbocycles. The maximum absolute atomic E-state index is 10.9. The Kier molecular flexibility index (Phi) is 5.98. The van der Waals surface area contributed by atoms with E-state index in [1.54, 1.807) is 0 Å². The molecular formula is C28H46O3. The van der Waals surface area contributed by atoms with Crippen LogP contribution in [0.25, 0.3) is 0 Å². The first-order chi connectivity index (χ1) is 15.0. The molecule has 0 aromatic rings. The number of carbonyl (C=O) groups excluding carboxylic acids is 1. The zero-order valence-corrected chi connectivity index (χ0v) is 20.4. The summed E-state index contributed by atoms with van der Waals surface area (Å²) in [5.74, 6) is 3.55. The lowest BCUT2D eigenvalue weighted by Crippen LogP contribution is -2.58. The van der Waals surface area contributed by atoms with Crippen molar-refractivity contribution < 1.29 is 14.3 Å². The van der Waals surface area contributed by atoms with Crippen LogP contribution in [0, 0.1) is 34.5 Å². The third-order valence-corrected chi connectivity index (χ3v) is 11.4. The summed E-state index contributed by atoms with van der Waals surface area (Å²) < 4.78 is 12.0. The van der Waals surface area contributed by atoms with Crippen molar-refractivity contribution in [2.24, 2.45) is 34.5 Å². The summed E-state index contributed by atoms with van der Waals surface area (Å²) in [7, 11) is 0. The van der Waals surface area contributed by atoms with Gasteiger partial charge >= 0.3 is 0 Å². The fourth-order valence-electron chi connectivity index (χ4n) is 9.59. The van der Waals surface area contributed by atoms with Gasteiger partial charge in [0.1, 0.15) is 11.7 Å². The minimum atomic E-state index is 0.0182. The number of ether oxygens (including phenoxy) is 2. The smallest absolute Gasteiger partial charge is 0.293 e. The number of hydrogen-bond donors (Lipinski definition) is 0. The van der Waals surface area contributed by atoms with Gasteiger partial charge in [0.25, 0.3) is 6.47 Å². The average molecular weight is 431 g/mol. The fraction of sp³-hybridized carbons (Fsp3) is 0.964. The third-order valence-electron chi connectivity index (χ3n) is 11.4. The molecule has 3 nitrogen and oxygen atoms in total. The van der Waals surface area contributed by atoms with Crippen molar-refractivity contribution in [2.45, 2.75) is 135 Å². The SMILES string of the molecule is CCCCCCCC[C@H]1CC[C@H]2[C@@H]3C[C@H]4O[C@]45C[C@@H](OC=O)CC[C@]5(C)[C@H]3CC[C@]12C. The van der Waals surface area contributed by atoms with Gasteiger partial charge in [0, 0.05) is 11.8 Å². The lowest BCUT2D eigenvalue weighted by atomic mass is 9.44. The number of fused-ring (bicyclic) bond motifs is 4. The second kappa shape index (κ2) is 8.33. The van der Waals surface area contributed by atoms with Crippen LogP contribution in [0.15, 0.2) is 0 Å². The molecule has 31 heavy (non-hydrogen) atoms. The summed E-state index contributed by atoms with van der Waals surface area (Å²) in [5, 5.41) is 0. The van der Waals surface area contributed by atoms with E-state index in [-0.39, 0.29) is 11.7 Å². The molecule has 1 heterocycles. The Morgan fingerprint density at radius 1 is 0.968 bits per heavy atom. The predicted molar refractivity (Wildman–Crippen MR) is 124 cm³/mol. The minimum Gasteiger partial charge on any atom is -0.464 e. The highest BCUT2D eigenvalue weighted by atomic mass is 16.6. The van der Waals surface area contributed by atoms with Crippen LogP contribution in [0.3, 0.4) is 0 Å². The van der Waals surface area contributed by atoms with Crippen LogP contribution >= 0.6 is 0 Å². The molecular weight excluding hydrogens is 384 g/mol. The van der Waals surface area contributed by atoms with Gasteiger partial charge in [-0.25, -0.2) is 0 Å². The van der Waals surface area contributed by atoms with Crippen LogP contribution in [0.5, 0.6) is 0 Å². The summed E-state index contributed by atoms with van der Waals surface area (Å²) >= 11 is 0. The van der Waals surface area contributed by atoms with Gasteiger partial charge in [0.15, 0.2) is 0 Å².